The van der Waals surface area contributed by atoms with Gasteiger partial charge < -0.3 is 14.2 Å². The van der Waals surface area contributed by atoms with E-state index in [9.17, 15) is 4.79 Å². The Labute approximate surface area is 122 Å². The Morgan fingerprint density at radius 1 is 1.40 bits per heavy atom. The van der Waals surface area contributed by atoms with Crippen LogP contribution in [0.3, 0.4) is 0 Å². The zero-order valence-electron chi connectivity index (χ0n) is 11.5. The summed E-state index contributed by atoms with van der Waals surface area (Å²) in [6.07, 6.45) is 0.638. The smallest absolute Gasteiger partial charge is 0.324 e. The molecule has 20 heavy (non-hydrogen) atoms. The van der Waals surface area contributed by atoms with E-state index in [-0.39, 0.29) is 12.0 Å². The fourth-order valence-corrected chi connectivity index (χ4v) is 3.57. The normalized spacial score (nSPS) is 21.2. The third-order valence-electron chi connectivity index (χ3n) is 3.49. The SMILES string of the molecule is CCN1Sc2cc3c(cc2CC1C(=O)OC)OCCO3. The second-order valence-electron chi connectivity index (χ2n) is 4.67. The van der Waals surface area contributed by atoms with Gasteiger partial charge in [0.25, 0.3) is 0 Å². The van der Waals surface area contributed by atoms with Crippen molar-refractivity contribution in [3.8, 4) is 11.5 Å². The highest BCUT2D eigenvalue weighted by Crippen LogP contribution is 2.42. The Balaban J connectivity index is 1.94. The second-order valence-corrected chi connectivity index (χ2v) is 5.76. The number of hydrogen-bond acceptors (Lipinski definition) is 6. The lowest BCUT2D eigenvalue weighted by Gasteiger charge is -2.33. The number of carbonyl (C=O) groups excluding carboxylic acids is 1. The molecule has 108 valence electrons. The van der Waals surface area contributed by atoms with Gasteiger partial charge in [0.05, 0.1) is 7.11 Å². The molecule has 6 heteroatoms. The van der Waals surface area contributed by atoms with Gasteiger partial charge >= 0.3 is 5.97 Å². The monoisotopic (exact) mass is 295 g/mol. The number of carbonyl (C=O) groups is 1. The molecule has 0 saturated heterocycles. The average Bonchev–Trinajstić information content (AvgIpc) is 2.50. The molecule has 0 saturated carbocycles. The van der Waals surface area contributed by atoms with Crippen molar-refractivity contribution in [3.05, 3.63) is 17.7 Å². The number of benzene rings is 1. The highest BCUT2D eigenvalue weighted by atomic mass is 32.2. The Bertz CT molecular complexity index is 534. The largest absolute Gasteiger partial charge is 0.486 e. The lowest BCUT2D eigenvalue weighted by atomic mass is 10.0. The van der Waals surface area contributed by atoms with Crippen LogP contribution >= 0.6 is 11.9 Å². The van der Waals surface area contributed by atoms with Gasteiger partial charge in [-0.1, -0.05) is 6.92 Å². The molecular weight excluding hydrogens is 278 g/mol. The van der Waals surface area contributed by atoms with E-state index in [0.29, 0.717) is 19.6 Å². The molecule has 1 atom stereocenters. The standard InChI is InChI=1S/C14H17NO4S/c1-3-15-10(14(16)17-2)6-9-7-11-12(8-13(9)20-15)19-5-4-18-11/h7-8,10H,3-6H2,1-2H3. The summed E-state index contributed by atoms with van der Waals surface area (Å²) in [5.74, 6) is 1.36. The summed E-state index contributed by atoms with van der Waals surface area (Å²) in [5, 5.41) is 0. The van der Waals surface area contributed by atoms with Crippen LogP contribution < -0.4 is 9.47 Å². The minimum Gasteiger partial charge on any atom is -0.486 e. The molecule has 0 aliphatic carbocycles. The van der Waals surface area contributed by atoms with Crippen LogP contribution in [0, 0.1) is 0 Å². The number of methoxy groups -OCH3 is 1. The van der Waals surface area contributed by atoms with Crippen LogP contribution in [-0.4, -0.2) is 43.2 Å². The maximum atomic E-state index is 11.9. The molecule has 2 heterocycles. The maximum Gasteiger partial charge on any atom is 0.324 e. The first-order chi connectivity index (χ1) is 9.72. The highest BCUT2D eigenvalue weighted by Gasteiger charge is 2.33. The summed E-state index contributed by atoms with van der Waals surface area (Å²) in [5.41, 5.74) is 1.11. The van der Waals surface area contributed by atoms with Gasteiger partial charge in [-0.2, -0.15) is 0 Å². The molecule has 0 amide bonds. The third-order valence-corrected chi connectivity index (χ3v) is 4.81. The zero-order chi connectivity index (χ0) is 14.1. The Hall–Kier alpha value is -1.40. The topological polar surface area (TPSA) is 48.0 Å². The summed E-state index contributed by atoms with van der Waals surface area (Å²) < 4.78 is 18.2. The molecule has 1 unspecified atom stereocenters. The number of esters is 1. The number of ether oxygens (including phenoxy) is 3. The van der Waals surface area contributed by atoms with Crippen LogP contribution in [0.4, 0.5) is 0 Å². The van der Waals surface area contributed by atoms with Crippen molar-refractivity contribution in [1.82, 2.24) is 4.31 Å². The lowest BCUT2D eigenvalue weighted by molar-refractivity contribution is -0.145. The van der Waals surface area contributed by atoms with Gasteiger partial charge in [0, 0.05) is 17.9 Å². The first-order valence-corrected chi connectivity index (χ1v) is 7.45. The van der Waals surface area contributed by atoms with E-state index in [2.05, 4.69) is 0 Å². The van der Waals surface area contributed by atoms with Crippen LogP contribution in [-0.2, 0) is 16.0 Å². The fourth-order valence-electron chi connectivity index (χ4n) is 2.48. The third kappa shape index (κ3) is 2.33. The van der Waals surface area contributed by atoms with E-state index < -0.39 is 0 Å². The van der Waals surface area contributed by atoms with Crippen molar-refractivity contribution in [2.24, 2.45) is 0 Å². The molecule has 0 N–H and O–H groups in total. The van der Waals surface area contributed by atoms with Gasteiger partial charge in [-0.3, -0.25) is 4.79 Å². The van der Waals surface area contributed by atoms with E-state index in [1.165, 1.54) is 7.11 Å². The molecular formula is C14H17NO4S. The van der Waals surface area contributed by atoms with Gasteiger partial charge in [0.2, 0.25) is 0 Å². The van der Waals surface area contributed by atoms with E-state index >= 15 is 0 Å². The average molecular weight is 295 g/mol. The van der Waals surface area contributed by atoms with Crippen LogP contribution in [0.15, 0.2) is 17.0 Å². The van der Waals surface area contributed by atoms with Crippen molar-refractivity contribution < 1.29 is 19.0 Å². The van der Waals surface area contributed by atoms with Crippen LogP contribution in [0.5, 0.6) is 11.5 Å². The summed E-state index contributed by atoms with van der Waals surface area (Å²) in [6, 6.07) is 3.75. The molecule has 2 aliphatic heterocycles. The van der Waals surface area contributed by atoms with Crippen molar-refractivity contribution in [3.63, 3.8) is 0 Å². The number of rotatable bonds is 2. The van der Waals surface area contributed by atoms with E-state index in [1.54, 1.807) is 11.9 Å². The minimum atomic E-state index is -0.245. The van der Waals surface area contributed by atoms with Crippen LogP contribution in [0.2, 0.25) is 0 Å². The molecule has 2 aliphatic rings. The molecule has 0 spiro atoms. The van der Waals surface area contributed by atoms with Gasteiger partial charge in [-0.05, 0) is 29.6 Å². The number of nitrogens with zero attached hydrogens (tertiary/aromatic N) is 1. The quantitative estimate of drug-likeness (QED) is 0.613. The Morgan fingerprint density at radius 2 is 2.10 bits per heavy atom. The summed E-state index contributed by atoms with van der Waals surface area (Å²) in [7, 11) is 1.43. The predicted octanol–water partition coefficient (Wildman–Crippen LogP) is 1.88. The van der Waals surface area contributed by atoms with Crippen LogP contribution in [0.25, 0.3) is 0 Å². The molecule has 1 aromatic carbocycles. The van der Waals surface area contributed by atoms with E-state index in [4.69, 9.17) is 14.2 Å². The molecule has 5 nitrogen and oxygen atoms in total. The maximum absolute atomic E-state index is 11.9. The zero-order valence-corrected chi connectivity index (χ0v) is 12.4. The molecule has 1 aromatic rings. The molecule has 0 aromatic heterocycles. The van der Waals surface area contributed by atoms with Crippen molar-refractivity contribution in [1.29, 1.82) is 0 Å². The number of fused-ring (bicyclic) bond motifs is 2. The van der Waals surface area contributed by atoms with Gasteiger partial charge in [0.1, 0.15) is 19.3 Å². The molecule has 3 rings (SSSR count). The fraction of sp³-hybridized carbons (Fsp3) is 0.500. The minimum absolute atomic E-state index is 0.195. The molecule has 0 bridgehead atoms. The number of likely N-dealkylation sites (N-methyl/N-ethyl adjacent to an activating group) is 1. The van der Waals surface area contributed by atoms with E-state index in [0.717, 1.165) is 28.5 Å². The molecule has 0 fully saturated rings. The van der Waals surface area contributed by atoms with Gasteiger partial charge in [0.15, 0.2) is 11.5 Å². The second kappa shape index (κ2) is 5.54. The molecule has 0 radical (unpaired) electrons. The van der Waals surface area contributed by atoms with Gasteiger partial charge in [-0.15, -0.1) is 0 Å². The van der Waals surface area contributed by atoms with Crippen molar-refractivity contribution in [2.45, 2.75) is 24.3 Å². The number of hydrogen-bond donors (Lipinski definition) is 0. The highest BCUT2D eigenvalue weighted by molar-refractivity contribution is 7.97. The summed E-state index contributed by atoms with van der Waals surface area (Å²) in [6.45, 7) is 3.96. The summed E-state index contributed by atoms with van der Waals surface area (Å²) >= 11 is 1.58. The Morgan fingerprint density at radius 3 is 2.75 bits per heavy atom. The first kappa shape index (κ1) is 13.6. The van der Waals surface area contributed by atoms with Crippen molar-refractivity contribution >= 4 is 17.9 Å². The predicted molar refractivity (Wildman–Crippen MR) is 75.2 cm³/mol. The van der Waals surface area contributed by atoms with E-state index in [1.807, 2.05) is 23.4 Å². The van der Waals surface area contributed by atoms with Crippen molar-refractivity contribution in [2.75, 3.05) is 26.9 Å². The Kier molecular flexibility index (Phi) is 3.76. The van der Waals surface area contributed by atoms with Crippen LogP contribution in [0.1, 0.15) is 12.5 Å². The van der Waals surface area contributed by atoms with Gasteiger partial charge in [-0.25, -0.2) is 4.31 Å². The summed E-state index contributed by atoms with van der Waals surface area (Å²) in [4.78, 5) is 13.0. The lowest BCUT2D eigenvalue weighted by Crippen LogP contribution is -2.41. The first-order valence-electron chi connectivity index (χ1n) is 6.68.